The molecular formula is C13H26N2O. The molecule has 3 heteroatoms. The summed E-state index contributed by atoms with van der Waals surface area (Å²) in [4.78, 5) is 2.69. The van der Waals surface area contributed by atoms with Gasteiger partial charge in [0.05, 0.1) is 6.10 Å². The van der Waals surface area contributed by atoms with Gasteiger partial charge in [0.2, 0.25) is 0 Å². The van der Waals surface area contributed by atoms with Crippen LogP contribution in [0.3, 0.4) is 0 Å². The van der Waals surface area contributed by atoms with Crippen molar-refractivity contribution in [1.29, 1.82) is 0 Å². The highest BCUT2D eigenvalue weighted by Gasteiger charge is 2.33. The van der Waals surface area contributed by atoms with Crippen LogP contribution in [0.15, 0.2) is 0 Å². The number of nitrogens with zero attached hydrogens (tertiary/aromatic N) is 1. The van der Waals surface area contributed by atoms with E-state index in [1.54, 1.807) is 0 Å². The van der Waals surface area contributed by atoms with Crippen LogP contribution < -0.4 is 5.32 Å². The van der Waals surface area contributed by atoms with Gasteiger partial charge in [-0.15, -0.1) is 0 Å². The maximum Gasteiger partial charge on any atom is 0.0604 e. The molecule has 0 amide bonds. The normalized spacial score (nSPS) is 37.5. The molecule has 0 bridgehead atoms. The SMILES string of the molecule is CCOC1CC(N2CCCNC(C)CC2)C1. The van der Waals surface area contributed by atoms with E-state index in [0.29, 0.717) is 12.1 Å². The van der Waals surface area contributed by atoms with E-state index >= 15 is 0 Å². The van der Waals surface area contributed by atoms with Crippen LogP contribution in [0.1, 0.15) is 39.5 Å². The zero-order chi connectivity index (χ0) is 11.4. The molecule has 0 radical (unpaired) electrons. The second kappa shape index (κ2) is 5.99. The Morgan fingerprint density at radius 1 is 1.31 bits per heavy atom. The lowest BCUT2D eigenvalue weighted by molar-refractivity contribution is -0.0481. The van der Waals surface area contributed by atoms with Crippen LogP contribution in [-0.2, 0) is 4.74 Å². The highest BCUT2D eigenvalue weighted by molar-refractivity contribution is 4.89. The van der Waals surface area contributed by atoms with Gasteiger partial charge in [0.15, 0.2) is 0 Å². The third kappa shape index (κ3) is 3.19. The van der Waals surface area contributed by atoms with E-state index in [-0.39, 0.29) is 0 Å². The van der Waals surface area contributed by atoms with E-state index in [9.17, 15) is 0 Å². The van der Waals surface area contributed by atoms with Crippen molar-refractivity contribution >= 4 is 0 Å². The molecule has 1 unspecified atom stereocenters. The molecule has 1 N–H and O–H groups in total. The van der Waals surface area contributed by atoms with Crippen molar-refractivity contribution in [1.82, 2.24) is 10.2 Å². The van der Waals surface area contributed by atoms with E-state index < -0.39 is 0 Å². The number of hydrogen-bond donors (Lipinski definition) is 1. The monoisotopic (exact) mass is 226 g/mol. The average molecular weight is 226 g/mol. The summed E-state index contributed by atoms with van der Waals surface area (Å²) in [6.45, 7) is 8.97. The summed E-state index contributed by atoms with van der Waals surface area (Å²) >= 11 is 0. The Hall–Kier alpha value is -0.120. The van der Waals surface area contributed by atoms with Crippen molar-refractivity contribution in [2.75, 3.05) is 26.2 Å². The molecule has 2 rings (SSSR count). The fourth-order valence-electron chi connectivity index (χ4n) is 2.78. The highest BCUT2D eigenvalue weighted by Crippen LogP contribution is 2.28. The van der Waals surface area contributed by atoms with Gasteiger partial charge in [0, 0.05) is 18.7 Å². The third-order valence-electron chi connectivity index (χ3n) is 3.95. The Labute approximate surface area is 99.5 Å². The van der Waals surface area contributed by atoms with Crippen LogP contribution >= 0.6 is 0 Å². The molecule has 1 heterocycles. The zero-order valence-corrected chi connectivity index (χ0v) is 10.7. The van der Waals surface area contributed by atoms with Gasteiger partial charge in [-0.25, -0.2) is 0 Å². The van der Waals surface area contributed by atoms with Gasteiger partial charge in [0.25, 0.3) is 0 Å². The lowest BCUT2D eigenvalue weighted by atomic mass is 9.87. The van der Waals surface area contributed by atoms with Gasteiger partial charge in [-0.1, -0.05) is 0 Å². The first-order valence-electron chi connectivity index (χ1n) is 6.88. The lowest BCUT2D eigenvalue weighted by Gasteiger charge is -2.43. The first kappa shape index (κ1) is 12.3. The minimum absolute atomic E-state index is 0.552. The molecule has 2 aliphatic rings. The van der Waals surface area contributed by atoms with Crippen molar-refractivity contribution in [3.8, 4) is 0 Å². The number of nitrogens with one attached hydrogen (secondary N) is 1. The lowest BCUT2D eigenvalue weighted by Crippen LogP contribution is -2.51. The highest BCUT2D eigenvalue weighted by atomic mass is 16.5. The van der Waals surface area contributed by atoms with E-state index in [1.165, 1.54) is 45.3 Å². The molecule has 16 heavy (non-hydrogen) atoms. The van der Waals surface area contributed by atoms with Crippen LogP contribution in [0.2, 0.25) is 0 Å². The summed E-state index contributed by atoms with van der Waals surface area (Å²) in [5, 5.41) is 3.56. The molecule has 0 spiro atoms. The molecule has 1 saturated heterocycles. The minimum atomic E-state index is 0.552. The minimum Gasteiger partial charge on any atom is -0.378 e. The maximum absolute atomic E-state index is 5.64. The van der Waals surface area contributed by atoms with Crippen molar-refractivity contribution in [2.45, 2.75) is 57.7 Å². The van der Waals surface area contributed by atoms with Crippen LogP contribution in [-0.4, -0.2) is 49.3 Å². The molecule has 0 aromatic heterocycles. The topological polar surface area (TPSA) is 24.5 Å². The molecule has 1 aliphatic heterocycles. The van der Waals surface area contributed by atoms with Gasteiger partial charge < -0.3 is 15.0 Å². The van der Waals surface area contributed by atoms with Crippen LogP contribution in [0.25, 0.3) is 0 Å². The van der Waals surface area contributed by atoms with Crippen molar-refractivity contribution in [3.05, 3.63) is 0 Å². The van der Waals surface area contributed by atoms with Gasteiger partial charge >= 0.3 is 0 Å². The van der Waals surface area contributed by atoms with E-state index in [2.05, 4.69) is 24.1 Å². The van der Waals surface area contributed by atoms with E-state index in [0.717, 1.165) is 12.6 Å². The average Bonchev–Trinajstić information content (AvgIpc) is 2.19. The van der Waals surface area contributed by atoms with Gasteiger partial charge in [0.1, 0.15) is 0 Å². The smallest absolute Gasteiger partial charge is 0.0604 e. The second-order valence-corrected chi connectivity index (χ2v) is 5.24. The summed E-state index contributed by atoms with van der Waals surface area (Å²) in [7, 11) is 0. The molecule has 2 fully saturated rings. The van der Waals surface area contributed by atoms with E-state index in [1.807, 2.05) is 0 Å². The summed E-state index contributed by atoms with van der Waals surface area (Å²) in [5.74, 6) is 0. The molecule has 1 aliphatic carbocycles. The molecule has 0 aromatic carbocycles. The first-order chi connectivity index (χ1) is 7.79. The molecule has 94 valence electrons. The first-order valence-corrected chi connectivity index (χ1v) is 6.88. The predicted molar refractivity (Wildman–Crippen MR) is 66.7 cm³/mol. The van der Waals surface area contributed by atoms with Crippen molar-refractivity contribution < 1.29 is 4.74 Å². The van der Waals surface area contributed by atoms with Crippen molar-refractivity contribution in [3.63, 3.8) is 0 Å². The van der Waals surface area contributed by atoms with Gasteiger partial charge in [-0.05, 0) is 59.2 Å². The largest absolute Gasteiger partial charge is 0.378 e. The van der Waals surface area contributed by atoms with Crippen LogP contribution in [0, 0.1) is 0 Å². The molecule has 3 nitrogen and oxygen atoms in total. The second-order valence-electron chi connectivity index (χ2n) is 5.24. The number of hydrogen-bond acceptors (Lipinski definition) is 3. The Bertz CT molecular complexity index is 204. The number of rotatable bonds is 3. The molecular weight excluding hydrogens is 200 g/mol. The Balaban J connectivity index is 1.72. The molecule has 1 atom stereocenters. The summed E-state index contributed by atoms with van der Waals surface area (Å²) in [6, 6.07) is 1.49. The van der Waals surface area contributed by atoms with E-state index in [4.69, 9.17) is 4.74 Å². The van der Waals surface area contributed by atoms with Crippen LogP contribution in [0.4, 0.5) is 0 Å². The Morgan fingerprint density at radius 3 is 2.88 bits per heavy atom. The fourth-order valence-corrected chi connectivity index (χ4v) is 2.78. The summed E-state index contributed by atoms with van der Waals surface area (Å²) < 4.78 is 5.64. The molecule has 1 saturated carbocycles. The predicted octanol–water partition coefficient (Wildman–Crippen LogP) is 1.63. The van der Waals surface area contributed by atoms with Crippen LogP contribution in [0.5, 0.6) is 0 Å². The summed E-state index contributed by atoms with van der Waals surface area (Å²) in [6.07, 6.45) is 5.65. The third-order valence-corrected chi connectivity index (χ3v) is 3.95. The number of ether oxygens (including phenoxy) is 1. The standard InChI is InChI=1S/C13H26N2O/c1-3-16-13-9-12(10-13)15-7-4-6-14-11(2)5-8-15/h11-14H,3-10H2,1-2H3. The van der Waals surface area contributed by atoms with Crippen molar-refractivity contribution in [2.24, 2.45) is 0 Å². The van der Waals surface area contributed by atoms with Gasteiger partial charge in [-0.3, -0.25) is 0 Å². The van der Waals surface area contributed by atoms with Gasteiger partial charge in [-0.2, -0.15) is 0 Å². The molecule has 0 aromatic rings. The summed E-state index contributed by atoms with van der Waals surface area (Å²) in [5.41, 5.74) is 0. The Kier molecular flexibility index (Phi) is 4.62. The zero-order valence-electron chi connectivity index (χ0n) is 10.7. The maximum atomic E-state index is 5.64. The fraction of sp³-hybridized carbons (Fsp3) is 1.00. The quantitative estimate of drug-likeness (QED) is 0.791. The Morgan fingerprint density at radius 2 is 2.12 bits per heavy atom.